The Balaban J connectivity index is 2.20. The molecule has 0 spiro atoms. The molecule has 1 aliphatic rings. The molecule has 116 valence electrons. The van der Waals surface area contributed by atoms with Gasteiger partial charge in [0, 0.05) is 17.0 Å². The second-order valence-corrected chi connectivity index (χ2v) is 4.88. The van der Waals surface area contributed by atoms with Crippen molar-refractivity contribution >= 4 is 5.83 Å². The lowest BCUT2D eigenvalue weighted by Crippen LogP contribution is -2.25. The van der Waals surface area contributed by atoms with Gasteiger partial charge in [-0.25, -0.2) is 8.78 Å². The molecule has 0 aliphatic carbocycles. The van der Waals surface area contributed by atoms with Crippen molar-refractivity contribution in [3.8, 4) is 0 Å². The van der Waals surface area contributed by atoms with Crippen molar-refractivity contribution in [3.63, 3.8) is 0 Å². The molecule has 0 N–H and O–H groups in total. The molecular formula is C14H13F5O2. The van der Waals surface area contributed by atoms with Gasteiger partial charge in [0.25, 0.3) is 0 Å². The monoisotopic (exact) mass is 308 g/mol. The highest BCUT2D eigenvalue weighted by atomic mass is 19.4. The summed E-state index contributed by atoms with van der Waals surface area (Å²) in [6, 6.07) is 3.13. The largest absolute Gasteiger partial charge is 0.412 e. The normalized spacial score (nSPS) is 24.2. The van der Waals surface area contributed by atoms with E-state index in [1.54, 1.807) is 0 Å². The van der Waals surface area contributed by atoms with Gasteiger partial charge in [-0.05, 0) is 12.1 Å². The molecule has 0 saturated carbocycles. The molecule has 0 amide bonds. The van der Waals surface area contributed by atoms with E-state index in [1.807, 2.05) is 6.92 Å². The average molecular weight is 308 g/mol. The maximum Gasteiger partial charge on any atom is 0.412 e. The highest BCUT2D eigenvalue weighted by Crippen LogP contribution is 2.30. The fourth-order valence-corrected chi connectivity index (χ4v) is 1.89. The van der Waals surface area contributed by atoms with Crippen LogP contribution in [0.15, 0.2) is 24.3 Å². The van der Waals surface area contributed by atoms with E-state index in [9.17, 15) is 22.0 Å². The molecule has 2 rings (SSSR count). The molecule has 1 aliphatic heterocycles. The summed E-state index contributed by atoms with van der Waals surface area (Å²) in [7, 11) is 0. The number of ether oxygens (including phenoxy) is 2. The van der Waals surface area contributed by atoms with Gasteiger partial charge in [-0.15, -0.1) is 0 Å². The fourth-order valence-electron chi connectivity index (χ4n) is 1.89. The van der Waals surface area contributed by atoms with Crippen molar-refractivity contribution in [3.05, 3.63) is 41.2 Å². The summed E-state index contributed by atoms with van der Waals surface area (Å²) in [4.78, 5) is 0. The number of benzene rings is 1. The van der Waals surface area contributed by atoms with Gasteiger partial charge in [-0.1, -0.05) is 13.0 Å². The third-order valence-corrected chi connectivity index (χ3v) is 2.88. The Morgan fingerprint density at radius 1 is 1.24 bits per heavy atom. The summed E-state index contributed by atoms with van der Waals surface area (Å²) < 4.78 is 73.9. The fraction of sp³-hybridized carbons (Fsp3) is 0.429. The van der Waals surface area contributed by atoms with Crippen molar-refractivity contribution in [1.82, 2.24) is 0 Å². The minimum absolute atomic E-state index is 0.206. The number of rotatable bonds is 2. The first kappa shape index (κ1) is 15.9. The molecule has 0 atom stereocenters. The summed E-state index contributed by atoms with van der Waals surface area (Å²) in [6.07, 6.45) is -6.22. The van der Waals surface area contributed by atoms with Crippen LogP contribution in [0.5, 0.6) is 0 Å². The lowest BCUT2D eigenvalue weighted by Gasteiger charge is -2.27. The SMILES string of the molecule is CC1COC(c2ccc(/C(F)=C/C(F)(F)F)c(F)c2)OC1. The van der Waals surface area contributed by atoms with E-state index < -0.39 is 35.7 Å². The van der Waals surface area contributed by atoms with Crippen molar-refractivity contribution < 1.29 is 31.4 Å². The lowest BCUT2D eigenvalue weighted by molar-refractivity contribution is -0.202. The standard InChI is InChI=1S/C14H13F5O2/c1-8-6-20-13(21-7-8)9-2-3-10(11(15)4-9)12(16)5-14(17,18)19/h2-5,8,13H,6-7H2,1H3/b12-5-. The van der Waals surface area contributed by atoms with Gasteiger partial charge >= 0.3 is 6.18 Å². The predicted molar refractivity (Wildman–Crippen MR) is 65.3 cm³/mol. The van der Waals surface area contributed by atoms with Crippen LogP contribution in [0, 0.1) is 11.7 Å². The van der Waals surface area contributed by atoms with E-state index in [1.165, 1.54) is 6.07 Å². The molecule has 21 heavy (non-hydrogen) atoms. The average Bonchev–Trinajstić information content (AvgIpc) is 2.37. The molecule has 2 nitrogen and oxygen atoms in total. The Labute approximate surface area is 118 Å². The van der Waals surface area contributed by atoms with Crippen LogP contribution in [-0.2, 0) is 9.47 Å². The van der Waals surface area contributed by atoms with Gasteiger partial charge in [-0.3, -0.25) is 0 Å². The second-order valence-electron chi connectivity index (χ2n) is 4.88. The maximum absolute atomic E-state index is 13.7. The maximum atomic E-state index is 13.7. The molecule has 0 radical (unpaired) electrons. The summed E-state index contributed by atoms with van der Waals surface area (Å²) in [5.74, 6) is -2.57. The van der Waals surface area contributed by atoms with E-state index in [0.29, 0.717) is 18.8 Å². The topological polar surface area (TPSA) is 18.5 Å². The first-order chi connectivity index (χ1) is 9.76. The van der Waals surface area contributed by atoms with Gasteiger partial charge < -0.3 is 9.47 Å². The molecule has 1 saturated heterocycles. The first-order valence-electron chi connectivity index (χ1n) is 6.24. The van der Waals surface area contributed by atoms with Crippen LogP contribution < -0.4 is 0 Å². The van der Waals surface area contributed by atoms with Crippen LogP contribution in [-0.4, -0.2) is 19.4 Å². The Morgan fingerprint density at radius 3 is 2.38 bits per heavy atom. The zero-order valence-electron chi connectivity index (χ0n) is 11.1. The Hall–Kier alpha value is -1.47. The van der Waals surface area contributed by atoms with E-state index in [4.69, 9.17) is 9.47 Å². The lowest BCUT2D eigenvalue weighted by atomic mass is 10.1. The van der Waals surface area contributed by atoms with Gasteiger partial charge in [0.15, 0.2) is 6.29 Å². The van der Waals surface area contributed by atoms with Crippen LogP contribution in [0.25, 0.3) is 5.83 Å². The van der Waals surface area contributed by atoms with Gasteiger partial charge in [0.1, 0.15) is 11.6 Å². The van der Waals surface area contributed by atoms with E-state index >= 15 is 0 Å². The molecule has 0 bridgehead atoms. The molecule has 1 aromatic carbocycles. The summed E-state index contributed by atoms with van der Waals surface area (Å²) >= 11 is 0. The minimum Gasteiger partial charge on any atom is -0.348 e. The van der Waals surface area contributed by atoms with Crippen molar-refractivity contribution in [2.24, 2.45) is 5.92 Å². The third-order valence-electron chi connectivity index (χ3n) is 2.88. The second kappa shape index (κ2) is 6.11. The van der Waals surface area contributed by atoms with Crippen molar-refractivity contribution in [2.75, 3.05) is 13.2 Å². The van der Waals surface area contributed by atoms with Crippen molar-refractivity contribution in [1.29, 1.82) is 0 Å². The van der Waals surface area contributed by atoms with Crippen LogP contribution in [0.3, 0.4) is 0 Å². The first-order valence-corrected chi connectivity index (χ1v) is 6.24. The molecule has 0 aromatic heterocycles. The summed E-state index contributed by atoms with van der Waals surface area (Å²) in [5, 5.41) is 0. The van der Waals surface area contributed by atoms with Gasteiger partial charge in [-0.2, -0.15) is 13.2 Å². The zero-order chi connectivity index (χ0) is 15.6. The predicted octanol–water partition coefficient (Wildman–Crippen LogP) is 4.38. The molecule has 1 aromatic rings. The number of alkyl halides is 3. The van der Waals surface area contributed by atoms with E-state index in [-0.39, 0.29) is 5.92 Å². The molecule has 7 heteroatoms. The smallest absolute Gasteiger partial charge is 0.348 e. The third kappa shape index (κ3) is 4.25. The van der Waals surface area contributed by atoms with Crippen LogP contribution in [0.2, 0.25) is 0 Å². The molecule has 1 fully saturated rings. The van der Waals surface area contributed by atoms with E-state index in [2.05, 4.69) is 0 Å². The Bertz CT molecular complexity index is 531. The van der Waals surface area contributed by atoms with Crippen LogP contribution >= 0.6 is 0 Å². The highest BCUT2D eigenvalue weighted by molar-refractivity contribution is 5.60. The highest BCUT2D eigenvalue weighted by Gasteiger charge is 2.27. The molecular weight excluding hydrogens is 295 g/mol. The Morgan fingerprint density at radius 2 is 1.86 bits per heavy atom. The number of hydrogen-bond donors (Lipinski definition) is 0. The minimum atomic E-state index is -4.85. The number of halogens is 5. The van der Waals surface area contributed by atoms with Crippen LogP contribution in [0.4, 0.5) is 22.0 Å². The van der Waals surface area contributed by atoms with Crippen molar-refractivity contribution in [2.45, 2.75) is 19.4 Å². The Kier molecular flexibility index (Phi) is 4.63. The zero-order valence-corrected chi connectivity index (χ0v) is 11.1. The van der Waals surface area contributed by atoms with Gasteiger partial charge in [0.2, 0.25) is 0 Å². The van der Waals surface area contributed by atoms with E-state index in [0.717, 1.165) is 12.1 Å². The number of hydrogen-bond acceptors (Lipinski definition) is 2. The molecule has 1 heterocycles. The molecule has 0 unspecified atom stereocenters. The summed E-state index contributed by atoms with van der Waals surface area (Å²) in [5.41, 5.74) is -0.455. The quantitative estimate of drug-likeness (QED) is 0.755. The van der Waals surface area contributed by atoms with Gasteiger partial charge in [0.05, 0.1) is 19.3 Å². The van der Waals surface area contributed by atoms with Crippen LogP contribution in [0.1, 0.15) is 24.3 Å². The summed E-state index contributed by atoms with van der Waals surface area (Å²) in [6.45, 7) is 2.77. The number of allylic oxidation sites excluding steroid dienone is 1.